The molecule has 94 valence electrons. The van der Waals surface area contributed by atoms with Crippen LogP contribution in [0.25, 0.3) is 0 Å². The number of aliphatic hydroxyl groups is 1. The van der Waals surface area contributed by atoms with Gasteiger partial charge in [-0.05, 0) is 18.9 Å². The molecule has 0 aliphatic carbocycles. The van der Waals surface area contributed by atoms with Gasteiger partial charge in [-0.15, -0.1) is 0 Å². The Labute approximate surface area is 104 Å². The van der Waals surface area contributed by atoms with E-state index in [1.54, 1.807) is 4.90 Å². The fourth-order valence-corrected chi connectivity index (χ4v) is 2.21. The molecule has 2 rings (SSSR count). The van der Waals surface area contributed by atoms with E-state index in [2.05, 4.69) is 0 Å². The van der Waals surface area contributed by atoms with Crippen molar-refractivity contribution in [1.29, 1.82) is 0 Å². The molecule has 17 heavy (non-hydrogen) atoms. The zero-order chi connectivity index (χ0) is 12.6. The van der Waals surface area contributed by atoms with E-state index in [0.29, 0.717) is 25.9 Å². The van der Waals surface area contributed by atoms with Crippen LogP contribution in [0.15, 0.2) is 6.07 Å². The highest BCUT2D eigenvalue weighted by atomic mass is 35.5. The predicted molar refractivity (Wildman–Crippen MR) is 67.7 cm³/mol. The van der Waals surface area contributed by atoms with Crippen molar-refractivity contribution >= 4 is 28.7 Å². The van der Waals surface area contributed by atoms with Crippen molar-refractivity contribution in [1.82, 2.24) is 0 Å². The Bertz CT molecular complexity index is 433. The summed E-state index contributed by atoms with van der Waals surface area (Å²) in [5.41, 5.74) is 12.0. The fraction of sp³-hybridized carbons (Fsp3) is 0.455. The Morgan fingerprint density at radius 1 is 1.29 bits per heavy atom. The Morgan fingerprint density at radius 2 is 1.88 bits per heavy atom. The van der Waals surface area contributed by atoms with Gasteiger partial charge in [-0.25, -0.2) is 4.39 Å². The van der Waals surface area contributed by atoms with Crippen molar-refractivity contribution in [2.75, 3.05) is 29.5 Å². The molecule has 0 spiro atoms. The largest absolute Gasteiger partial charge is 0.397 e. The van der Waals surface area contributed by atoms with E-state index in [9.17, 15) is 9.50 Å². The summed E-state index contributed by atoms with van der Waals surface area (Å²) in [5.74, 6) is -0.583. The third-order valence-electron chi connectivity index (χ3n) is 3.02. The van der Waals surface area contributed by atoms with Crippen molar-refractivity contribution in [3.63, 3.8) is 0 Å². The summed E-state index contributed by atoms with van der Waals surface area (Å²) in [4.78, 5) is 1.79. The Balaban J connectivity index is 2.35. The summed E-state index contributed by atoms with van der Waals surface area (Å²) in [5, 5.41) is 9.32. The number of hydrogen-bond donors (Lipinski definition) is 3. The van der Waals surface area contributed by atoms with Gasteiger partial charge >= 0.3 is 0 Å². The summed E-state index contributed by atoms with van der Waals surface area (Å²) in [6, 6.07) is 1.46. The number of halogens is 2. The number of benzene rings is 1. The van der Waals surface area contributed by atoms with Crippen molar-refractivity contribution in [2.45, 2.75) is 18.9 Å². The Hall–Kier alpha value is -1.20. The third kappa shape index (κ3) is 2.25. The number of hydrogen-bond acceptors (Lipinski definition) is 4. The first-order valence-corrected chi connectivity index (χ1v) is 5.84. The van der Waals surface area contributed by atoms with E-state index in [-0.39, 0.29) is 28.2 Å². The maximum Gasteiger partial charge on any atom is 0.169 e. The van der Waals surface area contributed by atoms with Crippen LogP contribution >= 0.6 is 11.6 Å². The van der Waals surface area contributed by atoms with E-state index >= 15 is 0 Å². The number of nitrogens with two attached hydrogens (primary N) is 2. The minimum absolute atomic E-state index is 0.0969. The van der Waals surface area contributed by atoms with Crippen molar-refractivity contribution < 1.29 is 9.50 Å². The summed E-state index contributed by atoms with van der Waals surface area (Å²) in [7, 11) is 0. The number of nitrogen functional groups attached to an aromatic ring is 2. The van der Waals surface area contributed by atoms with E-state index in [1.807, 2.05) is 0 Å². The maximum absolute atomic E-state index is 14.0. The number of piperidine rings is 1. The maximum atomic E-state index is 14.0. The zero-order valence-corrected chi connectivity index (χ0v) is 10.0. The monoisotopic (exact) mass is 259 g/mol. The molecule has 1 aromatic rings. The average Bonchev–Trinajstić information content (AvgIpc) is 2.29. The fourth-order valence-electron chi connectivity index (χ4n) is 2.07. The van der Waals surface area contributed by atoms with E-state index in [1.165, 1.54) is 6.07 Å². The second-order valence-electron chi connectivity index (χ2n) is 4.25. The molecule has 0 unspecified atom stereocenters. The first-order chi connectivity index (χ1) is 8.00. The molecule has 1 aliphatic rings. The summed E-state index contributed by atoms with van der Waals surface area (Å²) in [6.45, 7) is 1.12. The molecule has 0 amide bonds. The van der Waals surface area contributed by atoms with Gasteiger partial charge in [0, 0.05) is 13.1 Å². The highest BCUT2D eigenvalue weighted by Crippen LogP contribution is 2.37. The summed E-state index contributed by atoms with van der Waals surface area (Å²) >= 11 is 5.77. The van der Waals surface area contributed by atoms with Crippen LogP contribution in [0.4, 0.5) is 21.5 Å². The van der Waals surface area contributed by atoms with Gasteiger partial charge in [0.2, 0.25) is 0 Å². The van der Waals surface area contributed by atoms with Crippen LogP contribution in [-0.2, 0) is 0 Å². The van der Waals surface area contributed by atoms with Gasteiger partial charge in [0.05, 0.1) is 23.2 Å². The van der Waals surface area contributed by atoms with Crippen molar-refractivity contribution in [3.8, 4) is 0 Å². The summed E-state index contributed by atoms with van der Waals surface area (Å²) < 4.78 is 14.0. The molecule has 1 aromatic carbocycles. The van der Waals surface area contributed by atoms with Gasteiger partial charge in [0.25, 0.3) is 0 Å². The highest BCUT2D eigenvalue weighted by Gasteiger charge is 2.23. The molecular weight excluding hydrogens is 245 g/mol. The quantitative estimate of drug-likeness (QED) is 0.670. The van der Waals surface area contributed by atoms with Crippen molar-refractivity contribution in [2.24, 2.45) is 0 Å². The molecule has 4 nitrogen and oxygen atoms in total. The van der Waals surface area contributed by atoms with Crippen LogP contribution in [0.3, 0.4) is 0 Å². The third-order valence-corrected chi connectivity index (χ3v) is 3.40. The summed E-state index contributed by atoms with van der Waals surface area (Å²) in [6.07, 6.45) is 0.877. The molecule has 1 aliphatic heterocycles. The number of anilines is 3. The smallest absolute Gasteiger partial charge is 0.169 e. The van der Waals surface area contributed by atoms with Gasteiger partial charge in [-0.1, -0.05) is 11.6 Å². The van der Waals surface area contributed by atoms with Crippen LogP contribution in [0.5, 0.6) is 0 Å². The van der Waals surface area contributed by atoms with Crippen LogP contribution in [0.2, 0.25) is 5.02 Å². The first-order valence-electron chi connectivity index (χ1n) is 5.46. The minimum Gasteiger partial charge on any atom is -0.397 e. The second-order valence-corrected chi connectivity index (χ2v) is 4.63. The lowest BCUT2D eigenvalue weighted by atomic mass is 10.1. The molecule has 1 fully saturated rings. The second kappa shape index (κ2) is 4.58. The van der Waals surface area contributed by atoms with Crippen LogP contribution in [-0.4, -0.2) is 24.3 Å². The first kappa shape index (κ1) is 12.3. The van der Waals surface area contributed by atoms with Crippen LogP contribution in [0.1, 0.15) is 12.8 Å². The molecule has 5 N–H and O–H groups in total. The molecule has 0 saturated carbocycles. The van der Waals surface area contributed by atoms with Gasteiger partial charge < -0.3 is 21.5 Å². The molecule has 6 heteroatoms. The van der Waals surface area contributed by atoms with Crippen LogP contribution < -0.4 is 16.4 Å². The Morgan fingerprint density at radius 3 is 2.47 bits per heavy atom. The molecule has 0 bridgehead atoms. The predicted octanol–water partition coefficient (Wildman–Crippen LogP) is 1.60. The highest BCUT2D eigenvalue weighted by molar-refractivity contribution is 6.33. The topological polar surface area (TPSA) is 75.5 Å². The average molecular weight is 260 g/mol. The molecular formula is C11H15ClFN3O. The number of aliphatic hydroxyl groups excluding tert-OH is 1. The zero-order valence-electron chi connectivity index (χ0n) is 9.29. The Kier molecular flexibility index (Phi) is 3.31. The molecule has 0 aromatic heterocycles. The minimum atomic E-state index is -0.583. The molecule has 0 radical (unpaired) electrons. The van der Waals surface area contributed by atoms with E-state index in [0.717, 1.165) is 0 Å². The van der Waals surface area contributed by atoms with Gasteiger partial charge in [0.1, 0.15) is 5.02 Å². The van der Waals surface area contributed by atoms with Gasteiger partial charge in [-0.3, -0.25) is 0 Å². The standard InChI is InChI=1S/C11H15ClFN3O/c12-9-7(14)5-8(15)11(10(9)13)16-3-1-6(17)2-4-16/h5-6,17H,1-4,14-15H2. The lowest BCUT2D eigenvalue weighted by Gasteiger charge is -2.32. The molecule has 1 heterocycles. The van der Waals surface area contributed by atoms with Gasteiger partial charge in [-0.2, -0.15) is 0 Å². The van der Waals surface area contributed by atoms with Gasteiger partial charge in [0.15, 0.2) is 5.82 Å². The SMILES string of the molecule is Nc1cc(N)c(N2CCC(O)CC2)c(F)c1Cl. The normalized spacial score (nSPS) is 17.5. The van der Waals surface area contributed by atoms with Crippen molar-refractivity contribution in [3.05, 3.63) is 16.9 Å². The number of rotatable bonds is 1. The van der Waals surface area contributed by atoms with E-state index in [4.69, 9.17) is 23.1 Å². The number of nitrogens with zero attached hydrogens (tertiary/aromatic N) is 1. The molecule has 0 atom stereocenters. The lowest BCUT2D eigenvalue weighted by Crippen LogP contribution is -2.36. The lowest BCUT2D eigenvalue weighted by molar-refractivity contribution is 0.145. The van der Waals surface area contributed by atoms with Crippen LogP contribution in [0, 0.1) is 5.82 Å². The van der Waals surface area contributed by atoms with E-state index < -0.39 is 5.82 Å². The molecule has 1 saturated heterocycles.